The predicted octanol–water partition coefficient (Wildman–Crippen LogP) is 0.267. The van der Waals surface area contributed by atoms with E-state index < -0.39 is 11.6 Å². The van der Waals surface area contributed by atoms with Crippen LogP contribution in [-0.4, -0.2) is 42.1 Å². The van der Waals surface area contributed by atoms with Gasteiger partial charge < -0.3 is 20.1 Å². The summed E-state index contributed by atoms with van der Waals surface area (Å²) in [5, 5.41) is 16.9. The molecule has 0 aliphatic carbocycles. The number of hydrogen-bond donors (Lipinski definition) is 2. The molecule has 0 fully saturated rings. The fourth-order valence-corrected chi connectivity index (χ4v) is 1.66. The van der Waals surface area contributed by atoms with Crippen molar-refractivity contribution >= 4 is 12.0 Å². The molecule has 0 rings (SSSR count). The van der Waals surface area contributed by atoms with Gasteiger partial charge in [0.1, 0.15) is 16.7 Å². The number of nitrogens with one attached hydrogen (secondary N) is 2. The van der Waals surface area contributed by atoms with Crippen LogP contribution >= 0.6 is 0 Å². The molecule has 0 bridgehead atoms. The largest absolute Gasteiger partial charge is 0.530 e. The molecule has 0 heterocycles. The molecule has 20 heavy (non-hydrogen) atoms. The number of carbonyl (C=O) groups excluding carboxylic acids is 2. The fourth-order valence-electron chi connectivity index (χ4n) is 1.66. The van der Waals surface area contributed by atoms with Crippen LogP contribution in [0.25, 0.3) is 0 Å². The van der Waals surface area contributed by atoms with Crippen LogP contribution in [0.1, 0.15) is 40.0 Å². The molecule has 0 aromatic heterocycles. The van der Waals surface area contributed by atoms with Crippen molar-refractivity contribution in [3.63, 3.8) is 0 Å². The first kappa shape index (κ1) is 18.0. The molecule has 0 aliphatic rings. The molecule has 0 radical (unpaired) electrons. The normalized spacial score (nSPS) is 10.6. The van der Waals surface area contributed by atoms with E-state index in [1.807, 2.05) is 20.8 Å². The van der Waals surface area contributed by atoms with E-state index >= 15 is 0 Å². The molecule has 0 unspecified atom stereocenters. The Hall–Kier alpha value is -1.95. The van der Waals surface area contributed by atoms with E-state index in [0.717, 1.165) is 12.8 Å². The minimum atomic E-state index is -1.16. The van der Waals surface area contributed by atoms with E-state index in [9.17, 15) is 14.7 Å². The number of carbonyl (C=O) groups is 2. The van der Waals surface area contributed by atoms with Gasteiger partial charge in [0.25, 0.3) is 0 Å². The van der Waals surface area contributed by atoms with Crippen molar-refractivity contribution < 1.29 is 14.7 Å². The molecule has 8 heteroatoms. The van der Waals surface area contributed by atoms with E-state index in [1.54, 1.807) is 0 Å². The average molecular weight is 285 g/mol. The summed E-state index contributed by atoms with van der Waals surface area (Å²) in [6, 6.07) is 0. The Bertz CT molecular complexity index is 372. The van der Waals surface area contributed by atoms with Crippen molar-refractivity contribution in [2.24, 2.45) is 5.11 Å². The van der Waals surface area contributed by atoms with Crippen LogP contribution in [0.15, 0.2) is 5.11 Å². The van der Waals surface area contributed by atoms with Gasteiger partial charge in [-0.2, -0.15) is 0 Å². The third-order valence-corrected chi connectivity index (χ3v) is 2.70. The lowest BCUT2D eigenvalue weighted by atomic mass is 10.1. The van der Waals surface area contributed by atoms with Gasteiger partial charge >= 0.3 is 0 Å². The molecule has 0 aliphatic heterocycles. The van der Waals surface area contributed by atoms with Crippen LogP contribution in [0.3, 0.4) is 0 Å². The molecular weight excluding hydrogens is 262 g/mol. The third kappa shape index (κ3) is 8.20. The standard InChI is InChI=1S/C12H23N5O3/c1-12(2,3)17(11(19)20)8-6-4-5-7-14-10(18)9-15-16-13/h13H,4-9H2,1-3H3,(H-,14,18,19,20). The van der Waals surface area contributed by atoms with Crippen molar-refractivity contribution in [2.75, 3.05) is 19.6 Å². The summed E-state index contributed by atoms with van der Waals surface area (Å²) >= 11 is 0. The van der Waals surface area contributed by atoms with E-state index in [-0.39, 0.29) is 12.5 Å². The molecule has 0 spiro atoms. The molecule has 114 valence electrons. The van der Waals surface area contributed by atoms with Gasteiger partial charge in [-0.1, -0.05) is 0 Å². The number of carboxylic acid groups (broad SMARTS) is 1. The quantitative estimate of drug-likeness (QED) is 0.378. The van der Waals surface area contributed by atoms with E-state index in [1.165, 1.54) is 4.90 Å². The lowest BCUT2D eigenvalue weighted by Gasteiger charge is -2.38. The maximum Gasteiger partial charge on any atom is 0.249 e. The van der Waals surface area contributed by atoms with Gasteiger partial charge in [-0.05, 0) is 40.0 Å². The summed E-state index contributed by atoms with van der Waals surface area (Å²) in [4.78, 5) is 26.1. The van der Waals surface area contributed by atoms with Gasteiger partial charge in [0.2, 0.25) is 17.4 Å². The molecule has 0 saturated carbocycles. The highest BCUT2D eigenvalue weighted by atomic mass is 16.4. The molecule has 8 nitrogen and oxygen atoms in total. The Balaban J connectivity index is 3.78. The Labute approximate surface area is 118 Å². The molecule has 0 saturated heterocycles. The van der Waals surface area contributed by atoms with Gasteiger partial charge in [-0.25, -0.2) is 0 Å². The molecule has 0 aromatic carbocycles. The maximum absolute atomic E-state index is 11.1. The summed E-state index contributed by atoms with van der Waals surface area (Å²) in [7, 11) is 0. The number of amides is 2. The van der Waals surface area contributed by atoms with Gasteiger partial charge in [0.05, 0.1) is 0 Å². The van der Waals surface area contributed by atoms with Gasteiger partial charge in [-0.15, -0.1) is 0 Å². The van der Waals surface area contributed by atoms with Crippen LogP contribution in [0.5, 0.6) is 0 Å². The van der Waals surface area contributed by atoms with Gasteiger partial charge in [-0.3, -0.25) is 4.79 Å². The second kappa shape index (κ2) is 9.03. The maximum atomic E-state index is 11.1. The second-order valence-electron chi connectivity index (χ2n) is 5.40. The first-order chi connectivity index (χ1) is 9.29. The lowest BCUT2D eigenvalue weighted by Crippen LogP contribution is -2.51. The first-order valence-corrected chi connectivity index (χ1v) is 6.57. The molecule has 2 N–H and O–H groups in total. The smallest absolute Gasteiger partial charge is 0.249 e. The van der Waals surface area contributed by atoms with Crippen LogP contribution in [0.4, 0.5) is 4.79 Å². The fraction of sp³-hybridized carbons (Fsp3) is 0.833. The monoisotopic (exact) mass is 285 g/mol. The van der Waals surface area contributed by atoms with Crippen molar-refractivity contribution in [3.05, 3.63) is 0 Å². The first-order valence-electron chi connectivity index (χ1n) is 6.57. The SMILES string of the molecule is CC(C)(C)N(CCCCCNC(=O)CN=[N+]=N)C(=O)[O-]. The number of unbranched alkanes of at least 4 members (excludes halogenated alkanes) is 2. The minimum Gasteiger partial charge on any atom is -0.530 e. The number of nitrogens with zero attached hydrogens (tertiary/aromatic N) is 3. The topological polar surface area (TPSA) is 123 Å². The van der Waals surface area contributed by atoms with Crippen LogP contribution in [0.2, 0.25) is 0 Å². The van der Waals surface area contributed by atoms with Crippen molar-refractivity contribution in [3.8, 4) is 0 Å². The van der Waals surface area contributed by atoms with Gasteiger partial charge in [0, 0.05) is 18.6 Å². The average Bonchev–Trinajstić information content (AvgIpc) is 2.33. The molecule has 0 aromatic rings. The van der Waals surface area contributed by atoms with E-state index in [4.69, 9.17) is 5.53 Å². The van der Waals surface area contributed by atoms with Crippen LogP contribution in [0, 0.1) is 5.53 Å². The van der Waals surface area contributed by atoms with Crippen molar-refractivity contribution in [1.82, 2.24) is 15.1 Å². The molecule has 0 atom stereocenters. The predicted molar refractivity (Wildman–Crippen MR) is 70.9 cm³/mol. The Kier molecular flexibility index (Phi) is 8.15. The highest BCUT2D eigenvalue weighted by molar-refractivity contribution is 5.77. The molecule has 2 amide bonds. The van der Waals surface area contributed by atoms with Crippen molar-refractivity contribution in [1.29, 1.82) is 5.53 Å². The minimum absolute atomic E-state index is 0.133. The van der Waals surface area contributed by atoms with E-state index in [2.05, 4.69) is 15.3 Å². The summed E-state index contributed by atoms with van der Waals surface area (Å²) < 4.78 is 0. The lowest BCUT2D eigenvalue weighted by molar-refractivity contribution is -0.270. The summed E-state index contributed by atoms with van der Waals surface area (Å²) in [6.45, 7) is 6.27. The van der Waals surface area contributed by atoms with E-state index in [0.29, 0.717) is 19.5 Å². The Morgan fingerprint density at radius 1 is 1.30 bits per heavy atom. The number of rotatable bonds is 8. The Morgan fingerprint density at radius 2 is 1.95 bits per heavy atom. The molecular formula is C12H23N5O3. The highest BCUT2D eigenvalue weighted by Gasteiger charge is 2.20. The summed E-state index contributed by atoms with van der Waals surface area (Å²) in [6.07, 6.45) is 1.12. The van der Waals surface area contributed by atoms with Crippen LogP contribution in [-0.2, 0) is 4.79 Å². The summed E-state index contributed by atoms with van der Waals surface area (Å²) in [5.74, 6) is -0.271. The van der Waals surface area contributed by atoms with Crippen molar-refractivity contribution in [2.45, 2.75) is 45.6 Å². The second-order valence-corrected chi connectivity index (χ2v) is 5.40. The Morgan fingerprint density at radius 3 is 2.45 bits per heavy atom. The zero-order chi connectivity index (χ0) is 15.6. The highest BCUT2D eigenvalue weighted by Crippen LogP contribution is 2.13. The summed E-state index contributed by atoms with van der Waals surface area (Å²) in [5.41, 5.74) is 5.95. The van der Waals surface area contributed by atoms with Gasteiger partial charge in [0.15, 0.2) is 0 Å². The zero-order valence-electron chi connectivity index (χ0n) is 12.3. The number of hydrogen-bond acceptors (Lipinski definition) is 5. The zero-order valence-corrected chi connectivity index (χ0v) is 12.3. The third-order valence-electron chi connectivity index (χ3n) is 2.70. The van der Waals surface area contributed by atoms with Crippen LogP contribution < -0.4 is 15.3 Å².